The minimum atomic E-state index is -0.308. The van der Waals surface area contributed by atoms with Gasteiger partial charge in [-0.2, -0.15) is 0 Å². The van der Waals surface area contributed by atoms with Gasteiger partial charge in [0, 0.05) is 16.8 Å². The first-order valence-electron chi connectivity index (χ1n) is 9.26. The van der Waals surface area contributed by atoms with Crippen molar-refractivity contribution in [3.05, 3.63) is 63.1 Å². The quantitative estimate of drug-likeness (QED) is 0.420. The van der Waals surface area contributed by atoms with Crippen LogP contribution < -0.4 is 5.32 Å². The molecule has 28 heavy (non-hydrogen) atoms. The number of aryl methyl sites for hydroxylation is 1. The van der Waals surface area contributed by atoms with E-state index >= 15 is 0 Å². The summed E-state index contributed by atoms with van der Waals surface area (Å²) in [6.45, 7) is 8.65. The number of carbonyl (C=O) groups is 1. The fraction of sp³-hybridized carbons (Fsp3) is 0.273. The summed E-state index contributed by atoms with van der Waals surface area (Å²) in [6, 6.07) is 13.7. The molecule has 6 heteroatoms. The molecular weight excluding hydrogens is 388 g/mol. The number of anilines is 1. The number of rotatable bonds is 3. The van der Waals surface area contributed by atoms with E-state index in [1.54, 1.807) is 30.6 Å². The zero-order chi connectivity index (χ0) is 20.1. The molecule has 4 nitrogen and oxygen atoms in total. The van der Waals surface area contributed by atoms with E-state index in [4.69, 9.17) is 17.0 Å². The van der Waals surface area contributed by atoms with Crippen LogP contribution in [0.5, 0.6) is 0 Å². The van der Waals surface area contributed by atoms with Crippen LogP contribution in [-0.4, -0.2) is 16.5 Å². The second-order valence-electron chi connectivity index (χ2n) is 7.41. The maximum Gasteiger partial charge on any atom is 0.338 e. The molecule has 1 N–H and O–H groups in total. The predicted molar refractivity (Wildman–Crippen MR) is 117 cm³/mol. The van der Waals surface area contributed by atoms with Crippen LogP contribution >= 0.6 is 23.8 Å². The van der Waals surface area contributed by atoms with Gasteiger partial charge in [0.25, 0.3) is 0 Å². The molecule has 3 aromatic rings. The number of aromatic nitrogens is 1. The molecule has 0 atom stereocenters. The fourth-order valence-electron chi connectivity index (χ4n) is 3.57. The first-order chi connectivity index (χ1) is 13.3. The Morgan fingerprint density at radius 1 is 1.21 bits per heavy atom. The molecule has 0 spiro atoms. The molecule has 144 valence electrons. The summed E-state index contributed by atoms with van der Waals surface area (Å²) < 4.78 is 7.93. The van der Waals surface area contributed by atoms with Crippen LogP contribution in [0.25, 0.3) is 16.8 Å². The molecule has 1 aliphatic heterocycles. The van der Waals surface area contributed by atoms with Crippen molar-refractivity contribution >= 4 is 35.4 Å². The highest BCUT2D eigenvalue weighted by Gasteiger charge is 2.35. The molecule has 0 bridgehead atoms. The average molecular weight is 411 g/mol. The van der Waals surface area contributed by atoms with Crippen molar-refractivity contribution < 1.29 is 9.53 Å². The molecule has 0 saturated heterocycles. The lowest BCUT2D eigenvalue weighted by Gasteiger charge is -2.34. The van der Waals surface area contributed by atoms with Crippen molar-refractivity contribution in [1.82, 2.24) is 3.96 Å². The molecule has 0 aliphatic carbocycles. The summed E-state index contributed by atoms with van der Waals surface area (Å²) in [5.41, 5.74) is 5.90. The van der Waals surface area contributed by atoms with E-state index in [0.717, 1.165) is 27.1 Å². The van der Waals surface area contributed by atoms with Gasteiger partial charge in [-0.15, -0.1) is 0 Å². The SMILES string of the molecule is CCOC(=O)c1ccc(-n2sc3c(c2=S)-c2cccc(C)c2NC3(C)C)cc1. The Morgan fingerprint density at radius 3 is 2.61 bits per heavy atom. The van der Waals surface area contributed by atoms with Crippen LogP contribution in [0.3, 0.4) is 0 Å². The number of nitrogens with one attached hydrogen (secondary N) is 1. The molecule has 0 radical (unpaired) electrons. The first-order valence-corrected chi connectivity index (χ1v) is 10.4. The van der Waals surface area contributed by atoms with Crippen LogP contribution in [0.1, 0.15) is 41.6 Å². The minimum Gasteiger partial charge on any atom is -0.462 e. The van der Waals surface area contributed by atoms with Gasteiger partial charge in [-0.25, -0.2) is 4.79 Å². The van der Waals surface area contributed by atoms with Crippen molar-refractivity contribution in [2.45, 2.75) is 33.2 Å². The van der Waals surface area contributed by atoms with Gasteiger partial charge < -0.3 is 10.1 Å². The lowest BCUT2D eigenvalue weighted by molar-refractivity contribution is 0.0526. The van der Waals surface area contributed by atoms with Crippen molar-refractivity contribution in [1.29, 1.82) is 0 Å². The summed E-state index contributed by atoms with van der Waals surface area (Å²) in [5, 5.41) is 3.68. The van der Waals surface area contributed by atoms with Crippen molar-refractivity contribution in [3.63, 3.8) is 0 Å². The van der Waals surface area contributed by atoms with E-state index in [1.165, 1.54) is 10.4 Å². The highest BCUT2D eigenvalue weighted by atomic mass is 32.1. The topological polar surface area (TPSA) is 43.3 Å². The number of hydrogen-bond donors (Lipinski definition) is 1. The van der Waals surface area contributed by atoms with Crippen LogP contribution in [0.15, 0.2) is 42.5 Å². The Kier molecular flexibility index (Phi) is 4.63. The monoisotopic (exact) mass is 410 g/mol. The zero-order valence-electron chi connectivity index (χ0n) is 16.3. The van der Waals surface area contributed by atoms with Crippen LogP contribution in [-0.2, 0) is 10.3 Å². The third-order valence-electron chi connectivity index (χ3n) is 4.97. The molecular formula is C22H22N2O2S2. The van der Waals surface area contributed by atoms with Crippen LogP contribution in [0.4, 0.5) is 5.69 Å². The number of hydrogen-bond acceptors (Lipinski definition) is 5. The zero-order valence-corrected chi connectivity index (χ0v) is 18.0. The second-order valence-corrected chi connectivity index (χ2v) is 8.75. The van der Waals surface area contributed by atoms with Gasteiger partial charge in [-0.05, 0) is 57.5 Å². The summed E-state index contributed by atoms with van der Waals surface area (Å²) in [5.74, 6) is -0.308. The number of para-hydroxylation sites is 1. The third-order valence-corrected chi connectivity index (χ3v) is 6.94. The van der Waals surface area contributed by atoms with Crippen LogP contribution in [0, 0.1) is 11.6 Å². The minimum absolute atomic E-state index is 0.219. The maximum atomic E-state index is 11.9. The van der Waals surface area contributed by atoms with E-state index in [0.29, 0.717) is 12.2 Å². The molecule has 0 amide bonds. The first kappa shape index (κ1) is 18.9. The van der Waals surface area contributed by atoms with Gasteiger partial charge in [0.05, 0.1) is 28.3 Å². The van der Waals surface area contributed by atoms with Gasteiger partial charge in [0.15, 0.2) is 0 Å². The Labute approximate surface area is 173 Å². The van der Waals surface area contributed by atoms with Crippen molar-refractivity contribution in [3.8, 4) is 16.8 Å². The molecule has 0 fully saturated rings. The molecule has 2 heterocycles. The standard InChI is InChI=1S/C22H22N2O2S2/c1-5-26-21(25)14-9-11-15(12-10-14)24-20(27)17-16-8-6-7-13(2)18(16)23-22(3,4)19(17)28-24/h6-12,23H,5H2,1-4H3. The van der Waals surface area contributed by atoms with Gasteiger partial charge in [0.2, 0.25) is 0 Å². The van der Waals surface area contributed by atoms with Gasteiger partial charge >= 0.3 is 5.97 Å². The van der Waals surface area contributed by atoms with Gasteiger partial charge in [-0.1, -0.05) is 41.9 Å². The maximum absolute atomic E-state index is 11.9. The van der Waals surface area contributed by atoms with E-state index in [2.05, 4.69) is 48.2 Å². The molecule has 2 aromatic carbocycles. The van der Waals surface area contributed by atoms with Gasteiger partial charge in [-0.3, -0.25) is 3.96 Å². The highest BCUT2D eigenvalue weighted by Crippen LogP contribution is 2.48. The Hall–Kier alpha value is -2.44. The van der Waals surface area contributed by atoms with Crippen molar-refractivity contribution in [2.24, 2.45) is 0 Å². The van der Waals surface area contributed by atoms with Crippen LogP contribution in [0.2, 0.25) is 0 Å². The third kappa shape index (κ3) is 2.97. The summed E-state index contributed by atoms with van der Waals surface area (Å²) in [6.07, 6.45) is 0. The Morgan fingerprint density at radius 2 is 1.93 bits per heavy atom. The summed E-state index contributed by atoms with van der Waals surface area (Å²) >= 11 is 7.55. The lowest BCUT2D eigenvalue weighted by Crippen LogP contribution is -2.31. The number of fused-ring (bicyclic) bond motifs is 3. The van der Waals surface area contributed by atoms with E-state index in [-0.39, 0.29) is 11.5 Å². The number of benzene rings is 2. The van der Waals surface area contributed by atoms with E-state index in [9.17, 15) is 4.79 Å². The summed E-state index contributed by atoms with van der Waals surface area (Å²) in [7, 11) is 0. The molecule has 0 saturated carbocycles. The molecule has 4 rings (SSSR count). The number of carbonyl (C=O) groups excluding carboxylic acids is 1. The number of ether oxygens (including phenoxy) is 1. The van der Waals surface area contributed by atoms with Crippen molar-refractivity contribution in [2.75, 3.05) is 11.9 Å². The lowest BCUT2D eigenvalue weighted by atomic mass is 9.88. The molecule has 0 unspecified atom stereocenters. The smallest absolute Gasteiger partial charge is 0.338 e. The van der Waals surface area contributed by atoms with Gasteiger partial charge in [0.1, 0.15) is 4.64 Å². The Balaban J connectivity index is 1.85. The number of esters is 1. The molecule has 1 aliphatic rings. The predicted octanol–water partition coefficient (Wildman–Crippen LogP) is 6.08. The second kappa shape index (κ2) is 6.87. The normalized spacial score (nSPS) is 14.0. The Bertz CT molecular complexity index is 1120. The highest BCUT2D eigenvalue weighted by molar-refractivity contribution is 7.71. The number of nitrogens with zero attached hydrogens (tertiary/aromatic N) is 1. The van der Waals surface area contributed by atoms with E-state index < -0.39 is 0 Å². The summed E-state index contributed by atoms with van der Waals surface area (Å²) in [4.78, 5) is 13.1. The largest absolute Gasteiger partial charge is 0.462 e. The van der Waals surface area contributed by atoms with E-state index in [1.807, 2.05) is 12.1 Å². The average Bonchev–Trinajstić information content (AvgIpc) is 3.02. The molecule has 1 aromatic heterocycles. The fourth-order valence-corrected chi connectivity index (χ4v) is 5.22.